The van der Waals surface area contributed by atoms with Gasteiger partial charge >= 0.3 is 0 Å². The predicted molar refractivity (Wildman–Crippen MR) is 87.1 cm³/mol. The van der Waals surface area contributed by atoms with Gasteiger partial charge in [0.25, 0.3) is 0 Å². The monoisotopic (exact) mass is 289 g/mol. The molecule has 0 bridgehead atoms. The van der Waals surface area contributed by atoms with Crippen molar-refractivity contribution in [1.29, 1.82) is 0 Å². The molecular formula is C17H27N3O. The number of amides is 1. The Morgan fingerprint density at radius 2 is 2.14 bits per heavy atom. The summed E-state index contributed by atoms with van der Waals surface area (Å²) in [5, 5.41) is 3.09. The topological polar surface area (TPSA) is 58.4 Å². The maximum Gasteiger partial charge on any atom is 0.220 e. The zero-order chi connectivity index (χ0) is 15.2. The van der Waals surface area contributed by atoms with Crippen molar-refractivity contribution in [2.24, 2.45) is 5.92 Å². The van der Waals surface area contributed by atoms with Crippen LogP contribution in [0.1, 0.15) is 38.2 Å². The Hall–Kier alpha value is -1.55. The number of likely N-dealkylation sites (tertiary alicyclic amines) is 1. The van der Waals surface area contributed by atoms with Crippen molar-refractivity contribution < 1.29 is 4.79 Å². The second-order valence-electron chi connectivity index (χ2n) is 6.12. The first-order valence-electron chi connectivity index (χ1n) is 7.93. The summed E-state index contributed by atoms with van der Waals surface area (Å²) in [5.74, 6) is 0.983. The fourth-order valence-electron chi connectivity index (χ4n) is 2.92. The molecule has 0 spiro atoms. The Balaban J connectivity index is 1.73. The average molecular weight is 289 g/mol. The van der Waals surface area contributed by atoms with E-state index in [9.17, 15) is 4.79 Å². The van der Waals surface area contributed by atoms with E-state index in [0.29, 0.717) is 12.3 Å². The van der Waals surface area contributed by atoms with Crippen LogP contribution in [0, 0.1) is 5.92 Å². The fourth-order valence-corrected chi connectivity index (χ4v) is 2.92. The number of hydrogen-bond donors (Lipinski definition) is 2. The molecule has 1 aliphatic rings. The molecule has 1 aromatic carbocycles. The van der Waals surface area contributed by atoms with E-state index in [2.05, 4.69) is 24.1 Å². The molecule has 0 radical (unpaired) electrons. The first-order valence-corrected chi connectivity index (χ1v) is 7.93. The summed E-state index contributed by atoms with van der Waals surface area (Å²) in [6.45, 7) is 8.47. The molecule has 1 saturated heterocycles. The van der Waals surface area contributed by atoms with Gasteiger partial charge in [-0.15, -0.1) is 0 Å². The summed E-state index contributed by atoms with van der Waals surface area (Å²) in [5.41, 5.74) is 7.61. The van der Waals surface area contributed by atoms with Gasteiger partial charge in [-0.2, -0.15) is 0 Å². The van der Waals surface area contributed by atoms with Gasteiger partial charge in [-0.25, -0.2) is 0 Å². The SMILES string of the molecule is CCN1CCC(CNC(=O)CC(C)c2ccc(N)cc2)C1. The van der Waals surface area contributed by atoms with Gasteiger partial charge in [0.15, 0.2) is 0 Å². The van der Waals surface area contributed by atoms with Crippen molar-refractivity contribution >= 4 is 11.6 Å². The number of benzene rings is 1. The standard InChI is InChI=1S/C17H27N3O/c1-3-20-9-8-14(12-20)11-19-17(21)10-13(2)15-4-6-16(18)7-5-15/h4-7,13-14H,3,8-12,18H2,1-2H3,(H,19,21). The number of nitrogens with one attached hydrogen (secondary N) is 1. The summed E-state index contributed by atoms with van der Waals surface area (Å²) >= 11 is 0. The molecule has 1 amide bonds. The van der Waals surface area contributed by atoms with Crippen LogP contribution in [-0.4, -0.2) is 37.0 Å². The molecule has 2 atom stereocenters. The van der Waals surface area contributed by atoms with Gasteiger partial charge in [0.2, 0.25) is 5.91 Å². The largest absolute Gasteiger partial charge is 0.399 e. The molecule has 3 N–H and O–H groups in total. The number of carbonyl (C=O) groups excluding carboxylic acids is 1. The minimum absolute atomic E-state index is 0.147. The van der Waals surface area contributed by atoms with Crippen LogP contribution in [0.25, 0.3) is 0 Å². The third-order valence-electron chi connectivity index (χ3n) is 4.40. The molecule has 1 aromatic rings. The highest BCUT2D eigenvalue weighted by Gasteiger charge is 2.21. The quantitative estimate of drug-likeness (QED) is 0.790. The van der Waals surface area contributed by atoms with E-state index in [1.165, 1.54) is 13.0 Å². The summed E-state index contributed by atoms with van der Waals surface area (Å²) in [4.78, 5) is 14.5. The van der Waals surface area contributed by atoms with E-state index in [-0.39, 0.29) is 11.8 Å². The van der Waals surface area contributed by atoms with E-state index in [1.54, 1.807) is 0 Å². The van der Waals surface area contributed by atoms with Crippen molar-refractivity contribution in [3.63, 3.8) is 0 Å². The smallest absolute Gasteiger partial charge is 0.220 e. The molecule has 0 aromatic heterocycles. The summed E-state index contributed by atoms with van der Waals surface area (Å²) < 4.78 is 0. The van der Waals surface area contributed by atoms with Crippen LogP contribution in [0.2, 0.25) is 0 Å². The Morgan fingerprint density at radius 1 is 1.43 bits per heavy atom. The van der Waals surface area contributed by atoms with Gasteiger partial charge in [0.1, 0.15) is 0 Å². The second-order valence-corrected chi connectivity index (χ2v) is 6.12. The van der Waals surface area contributed by atoms with Crippen molar-refractivity contribution in [3.8, 4) is 0 Å². The van der Waals surface area contributed by atoms with E-state index in [0.717, 1.165) is 30.9 Å². The highest BCUT2D eigenvalue weighted by Crippen LogP contribution is 2.20. The van der Waals surface area contributed by atoms with Gasteiger partial charge in [-0.1, -0.05) is 26.0 Å². The lowest BCUT2D eigenvalue weighted by Gasteiger charge is -2.15. The van der Waals surface area contributed by atoms with Gasteiger partial charge in [0, 0.05) is 25.2 Å². The lowest BCUT2D eigenvalue weighted by Crippen LogP contribution is -2.31. The van der Waals surface area contributed by atoms with Crippen molar-refractivity contribution in [2.75, 3.05) is 31.9 Å². The maximum absolute atomic E-state index is 12.1. The van der Waals surface area contributed by atoms with Crippen molar-refractivity contribution in [2.45, 2.75) is 32.6 Å². The van der Waals surface area contributed by atoms with Gasteiger partial charge in [-0.05, 0) is 49.0 Å². The van der Waals surface area contributed by atoms with Crippen LogP contribution < -0.4 is 11.1 Å². The molecule has 2 unspecified atom stereocenters. The molecule has 4 nitrogen and oxygen atoms in total. The number of nitrogen functional groups attached to an aromatic ring is 1. The molecule has 1 heterocycles. The van der Waals surface area contributed by atoms with Crippen molar-refractivity contribution in [3.05, 3.63) is 29.8 Å². The van der Waals surface area contributed by atoms with Crippen LogP contribution in [0.5, 0.6) is 0 Å². The van der Waals surface area contributed by atoms with Crippen LogP contribution >= 0.6 is 0 Å². The number of anilines is 1. The van der Waals surface area contributed by atoms with Crippen LogP contribution in [0.4, 0.5) is 5.69 Å². The van der Waals surface area contributed by atoms with E-state index in [4.69, 9.17) is 5.73 Å². The Morgan fingerprint density at radius 3 is 2.76 bits per heavy atom. The zero-order valence-electron chi connectivity index (χ0n) is 13.1. The van der Waals surface area contributed by atoms with Crippen LogP contribution in [0.3, 0.4) is 0 Å². The van der Waals surface area contributed by atoms with E-state index < -0.39 is 0 Å². The summed E-state index contributed by atoms with van der Waals surface area (Å²) in [6, 6.07) is 7.79. The highest BCUT2D eigenvalue weighted by molar-refractivity contribution is 5.76. The van der Waals surface area contributed by atoms with Gasteiger partial charge in [0.05, 0.1) is 0 Å². The third kappa shape index (κ3) is 4.74. The number of nitrogens with two attached hydrogens (primary N) is 1. The van der Waals surface area contributed by atoms with Gasteiger partial charge in [-0.3, -0.25) is 4.79 Å². The molecule has 21 heavy (non-hydrogen) atoms. The zero-order valence-corrected chi connectivity index (χ0v) is 13.1. The highest BCUT2D eigenvalue weighted by atomic mass is 16.1. The predicted octanol–water partition coefficient (Wildman–Crippen LogP) is 2.22. The number of carbonyl (C=O) groups is 1. The van der Waals surface area contributed by atoms with E-state index in [1.807, 2.05) is 24.3 Å². The molecular weight excluding hydrogens is 262 g/mol. The minimum Gasteiger partial charge on any atom is -0.399 e. The number of hydrogen-bond acceptors (Lipinski definition) is 3. The lowest BCUT2D eigenvalue weighted by molar-refractivity contribution is -0.121. The first-order chi connectivity index (χ1) is 10.1. The fraction of sp³-hybridized carbons (Fsp3) is 0.588. The minimum atomic E-state index is 0.147. The summed E-state index contributed by atoms with van der Waals surface area (Å²) in [6.07, 6.45) is 1.73. The van der Waals surface area contributed by atoms with Crippen molar-refractivity contribution in [1.82, 2.24) is 10.2 Å². The Kier molecular flexibility index (Phi) is 5.62. The lowest BCUT2D eigenvalue weighted by atomic mass is 9.97. The van der Waals surface area contributed by atoms with Gasteiger partial charge < -0.3 is 16.0 Å². The molecule has 0 saturated carbocycles. The van der Waals surface area contributed by atoms with E-state index >= 15 is 0 Å². The molecule has 0 aliphatic carbocycles. The third-order valence-corrected chi connectivity index (χ3v) is 4.40. The van der Waals surface area contributed by atoms with Crippen LogP contribution in [0.15, 0.2) is 24.3 Å². The Bertz CT molecular complexity index is 458. The second kappa shape index (κ2) is 7.46. The average Bonchev–Trinajstić information content (AvgIpc) is 2.94. The normalized spacial score (nSPS) is 20.4. The van der Waals surface area contributed by atoms with Crippen LogP contribution in [-0.2, 0) is 4.79 Å². The Labute approximate surface area is 127 Å². The number of nitrogens with zero attached hydrogens (tertiary/aromatic N) is 1. The molecule has 4 heteroatoms. The summed E-state index contributed by atoms with van der Waals surface area (Å²) in [7, 11) is 0. The first kappa shape index (κ1) is 15.8. The molecule has 1 aliphatic heterocycles. The molecule has 2 rings (SSSR count). The molecule has 1 fully saturated rings. The maximum atomic E-state index is 12.1. The number of rotatable bonds is 6. The molecule has 116 valence electrons.